The lowest BCUT2D eigenvalue weighted by molar-refractivity contribution is -0.150. The molecule has 0 amide bonds. The van der Waals surface area contributed by atoms with Crippen molar-refractivity contribution in [2.75, 3.05) is 7.11 Å². The van der Waals surface area contributed by atoms with Crippen molar-refractivity contribution < 1.29 is 14.3 Å². The monoisotopic (exact) mass is 326 g/mol. The van der Waals surface area contributed by atoms with E-state index in [0.29, 0.717) is 6.42 Å². The minimum absolute atomic E-state index is 0.0314. The summed E-state index contributed by atoms with van der Waals surface area (Å²) in [5, 5.41) is 0. The predicted octanol–water partition coefficient (Wildman–Crippen LogP) is 5.70. The molecule has 0 N–H and O–H groups in total. The third kappa shape index (κ3) is 10.5. The van der Waals surface area contributed by atoms with E-state index in [1.54, 1.807) is 0 Å². The van der Waals surface area contributed by atoms with Crippen LogP contribution >= 0.6 is 0 Å². The van der Waals surface area contributed by atoms with Crippen LogP contribution in [0.1, 0.15) is 97.8 Å². The van der Waals surface area contributed by atoms with Crippen molar-refractivity contribution in [3.8, 4) is 0 Å². The number of methoxy groups -OCH3 is 1. The summed E-state index contributed by atoms with van der Waals surface area (Å²) in [6.07, 6.45) is 13.6. The lowest BCUT2D eigenvalue weighted by Crippen LogP contribution is -2.29. The van der Waals surface area contributed by atoms with Crippen molar-refractivity contribution in [3.63, 3.8) is 0 Å². The molecule has 0 radical (unpaired) electrons. The second-order valence-electron chi connectivity index (χ2n) is 6.78. The van der Waals surface area contributed by atoms with E-state index in [0.717, 1.165) is 25.7 Å². The molecule has 23 heavy (non-hydrogen) atoms. The topological polar surface area (TPSA) is 43.4 Å². The standard InChI is InChI=1S/C20H38O3/c1-5-7-9-10-11-12-13-14-15-17(3)19(21)18(16-8-6-2)20(22)23-4/h17-18H,5-16H2,1-4H3/t17-,18+/m1/s1. The van der Waals surface area contributed by atoms with Crippen LogP contribution < -0.4 is 0 Å². The number of rotatable bonds is 15. The van der Waals surface area contributed by atoms with E-state index in [4.69, 9.17) is 4.74 Å². The Morgan fingerprint density at radius 2 is 1.30 bits per heavy atom. The van der Waals surface area contributed by atoms with E-state index in [9.17, 15) is 9.59 Å². The molecule has 0 spiro atoms. The minimum Gasteiger partial charge on any atom is -0.468 e. The van der Waals surface area contributed by atoms with Crippen LogP contribution in [0.5, 0.6) is 0 Å². The molecule has 0 heterocycles. The lowest BCUT2D eigenvalue weighted by Gasteiger charge is -2.18. The molecule has 0 saturated carbocycles. The fraction of sp³-hybridized carbons (Fsp3) is 0.900. The molecule has 0 rings (SSSR count). The number of carbonyl (C=O) groups excluding carboxylic acids is 2. The van der Waals surface area contributed by atoms with Crippen LogP contribution in [0.3, 0.4) is 0 Å². The van der Waals surface area contributed by atoms with Gasteiger partial charge < -0.3 is 4.74 Å². The molecule has 0 fully saturated rings. The Morgan fingerprint density at radius 1 is 0.783 bits per heavy atom. The first-order valence-electron chi connectivity index (χ1n) is 9.69. The minimum atomic E-state index is -0.552. The quantitative estimate of drug-likeness (QED) is 0.220. The van der Waals surface area contributed by atoms with Gasteiger partial charge in [-0.05, 0) is 12.8 Å². The first kappa shape index (κ1) is 22.1. The molecule has 0 aliphatic heterocycles. The van der Waals surface area contributed by atoms with Gasteiger partial charge in [0.25, 0.3) is 0 Å². The molecule has 0 unspecified atom stereocenters. The van der Waals surface area contributed by atoms with Crippen LogP contribution in [0.4, 0.5) is 0 Å². The van der Waals surface area contributed by atoms with Crippen LogP contribution in [-0.2, 0) is 14.3 Å². The summed E-state index contributed by atoms with van der Waals surface area (Å²) >= 11 is 0. The molecule has 0 aromatic heterocycles. The number of hydrogen-bond donors (Lipinski definition) is 0. The zero-order chi connectivity index (χ0) is 17.5. The van der Waals surface area contributed by atoms with Gasteiger partial charge in [-0.2, -0.15) is 0 Å². The third-order valence-corrected chi connectivity index (χ3v) is 4.65. The summed E-state index contributed by atoms with van der Waals surface area (Å²) in [5.74, 6) is -0.862. The Balaban J connectivity index is 3.99. The maximum atomic E-state index is 12.5. The van der Waals surface area contributed by atoms with Crippen LogP contribution in [0, 0.1) is 11.8 Å². The van der Waals surface area contributed by atoms with Gasteiger partial charge in [-0.25, -0.2) is 0 Å². The molecular weight excluding hydrogens is 288 g/mol. The van der Waals surface area contributed by atoms with Gasteiger partial charge in [-0.3, -0.25) is 9.59 Å². The molecule has 0 aliphatic carbocycles. The number of ether oxygens (including phenoxy) is 1. The Morgan fingerprint density at radius 3 is 1.83 bits per heavy atom. The van der Waals surface area contributed by atoms with Crippen LogP contribution in [0.15, 0.2) is 0 Å². The fourth-order valence-corrected chi connectivity index (χ4v) is 3.00. The molecular formula is C20H38O3. The highest BCUT2D eigenvalue weighted by Crippen LogP contribution is 2.21. The Labute approximate surface area is 143 Å². The SMILES string of the molecule is CCCCCCCCCC[C@@H](C)C(=O)[C@H](CCCC)C(=O)OC. The Hall–Kier alpha value is -0.860. The molecule has 136 valence electrons. The van der Waals surface area contributed by atoms with Gasteiger partial charge in [0.2, 0.25) is 0 Å². The van der Waals surface area contributed by atoms with Gasteiger partial charge in [0.1, 0.15) is 11.7 Å². The number of esters is 1. The highest BCUT2D eigenvalue weighted by Gasteiger charge is 2.30. The predicted molar refractivity (Wildman–Crippen MR) is 96.4 cm³/mol. The average molecular weight is 327 g/mol. The zero-order valence-corrected chi connectivity index (χ0v) is 15.9. The van der Waals surface area contributed by atoms with E-state index in [2.05, 4.69) is 13.8 Å². The fourth-order valence-electron chi connectivity index (χ4n) is 3.00. The van der Waals surface area contributed by atoms with E-state index < -0.39 is 5.92 Å². The number of hydrogen-bond acceptors (Lipinski definition) is 3. The third-order valence-electron chi connectivity index (χ3n) is 4.65. The number of unbranched alkanes of at least 4 members (excludes halogenated alkanes) is 8. The number of carbonyl (C=O) groups is 2. The maximum absolute atomic E-state index is 12.5. The summed E-state index contributed by atoms with van der Waals surface area (Å²) < 4.78 is 4.81. The molecule has 0 aromatic carbocycles. The van der Waals surface area contributed by atoms with E-state index in [1.165, 1.54) is 52.1 Å². The summed E-state index contributed by atoms with van der Waals surface area (Å²) in [7, 11) is 1.37. The molecule has 3 heteroatoms. The van der Waals surface area contributed by atoms with E-state index >= 15 is 0 Å². The second kappa shape index (κ2) is 14.7. The van der Waals surface area contributed by atoms with Crippen LogP contribution in [0.2, 0.25) is 0 Å². The molecule has 0 aliphatic rings. The largest absolute Gasteiger partial charge is 0.468 e. The van der Waals surface area contributed by atoms with E-state index in [1.807, 2.05) is 6.92 Å². The highest BCUT2D eigenvalue weighted by molar-refractivity contribution is 5.99. The summed E-state index contributed by atoms with van der Waals surface area (Å²) in [4.78, 5) is 24.3. The second-order valence-corrected chi connectivity index (χ2v) is 6.78. The number of ketones is 1. The smallest absolute Gasteiger partial charge is 0.316 e. The average Bonchev–Trinajstić information content (AvgIpc) is 2.56. The van der Waals surface area contributed by atoms with Gasteiger partial charge in [0.15, 0.2) is 0 Å². The van der Waals surface area contributed by atoms with Gasteiger partial charge in [-0.1, -0.05) is 85.0 Å². The Bertz CT molecular complexity index is 312. The molecule has 0 saturated heterocycles. The molecule has 2 atom stereocenters. The van der Waals surface area contributed by atoms with Gasteiger partial charge in [-0.15, -0.1) is 0 Å². The van der Waals surface area contributed by atoms with Gasteiger partial charge in [0, 0.05) is 5.92 Å². The molecule has 3 nitrogen and oxygen atoms in total. The summed E-state index contributed by atoms with van der Waals surface area (Å²) in [6, 6.07) is 0. The van der Waals surface area contributed by atoms with Crippen molar-refractivity contribution >= 4 is 11.8 Å². The summed E-state index contributed by atoms with van der Waals surface area (Å²) in [5.41, 5.74) is 0. The Kier molecular flexibility index (Phi) is 14.2. The summed E-state index contributed by atoms with van der Waals surface area (Å²) in [6.45, 7) is 6.27. The van der Waals surface area contributed by atoms with Crippen LogP contribution in [-0.4, -0.2) is 18.9 Å². The molecule has 0 bridgehead atoms. The van der Waals surface area contributed by atoms with E-state index in [-0.39, 0.29) is 17.7 Å². The van der Waals surface area contributed by atoms with Gasteiger partial charge >= 0.3 is 5.97 Å². The van der Waals surface area contributed by atoms with Crippen molar-refractivity contribution in [3.05, 3.63) is 0 Å². The lowest BCUT2D eigenvalue weighted by atomic mass is 9.87. The number of Topliss-reactive ketones (excluding diaryl/α,β-unsaturated/α-hetero) is 1. The highest BCUT2D eigenvalue weighted by atomic mass is 16.5. The van der Waals surface area contributed by atoms with Crippen molar-refractivity contribution in [1.29, 1.82) is 0 Å². The van der Waals surface area contributed by atoms with Crippen molar-refractivity contribution in [2.24, 2.45) is 11.8 Å². The van der Waals surface area contributed by atoms with Crippen molar-refractivity contribution in [1.82, 2.24) is 0 Å². The maximum Gasteiger partial charge on any atom is 0.316 e. The van der Waals surface area contributed by atoms with Crippen LogP contribution in [0.25, 0.3) is 0 Å². The van der Waals surface area contributed by atoms with Gasteiger partial charge in [0.05, 0.1) is 7.11 Å². The zero-order valence-electron chi connectivity index (χ0n) is 15.9. The first-order chi connectivity index (χ1) is 11.1. The molecule has 0 aromatic rings. The first-order valence-corrected chi connectivity index (χ1v) is 9.69. The normalized spacial score (nSPS) is 13.6. The van der Waals surface area contributed by atoms with Crippen molar-refractivity contribution in [2.45, 2.75) is 97.8 Å².